The Morgan fingerprint density at radius 2 is 1.71 bits per heavy atom. The molecule has 1 N–H and O–H groups in total. The molecule has 2 aromatic carbocycles. The van der Waals surface area contributed by atoms with Gasteiger partial charge in [-0.1, -0.05) is 35.9 Å². The number of fused-ring (bicyclic) bond motifs is 1. The summed E-state index contributed by atoms with van der Waals surface area (Å²) in [4.78, 5) is 20.2. The maximum atomic E-state index is 12.7. The molecule has 1 aliphatic rings. The average Bonchev–Trinajstić information content (AvgIpc) is 3.05. The molecule has 0 radical (unpaired) electrons. The van der Waals surface area contributed by atoms with E-state index in [1.54, 1.807) is 0 Å². The molecule has 4 rings (SSSR count). The Kier molecular flexibility index (Phi) is 3.90. The zero-order valence-electron chi connectivity index (χ0n) is 13.2. The van der Waals surface area contributed by atoms with E-state index in [9.17, 15) is 4.79 Å². The predicted octanol–water partition coefficient (Wildman–Crippen LogP) is 3.78. The van der Waals surface area contributed by atoms with E-state index in [4.69, 9.17) is 11.6 Å². The first-order valence-corrected chi connectivity index (χ1v) is 8.46. The van der Waals surface area contributed by atoms with Gasteiger partial charge in [0.15, 0.2) is 0 Å². The first-order chi connectivity index (χ1) is 11.7. The van der Waals surface area contributed by atoms with Crippen LogP contribution in [0.25, 0.3) is 10.9 Å². The molecule has 1 saturated heterocycles. The molecule has 0 bridgehead atoms. The maximum absolute atomic E-state index is 12.7. The fraction of sp³-hybridized carbons (Fsp3) is 0.211. The van der Waals surface area contributed by atoms with E-state index in [1.807, 2.05) is 47.4 Å². The second kappa shape index (κ2) is 6.21. The number of benzene rings is 2. The lowest BCUT2D eigenvalue weighted by atomic mass is 10.2. The van der Waals surface area contributed by atoms with E-state index in [2.05, 4.69) is 22.0 Å². The molecule has 1 aliphatic heterocycles. The number of anilines is 1. The van der Waals surface area contributed by atoms with Gasteiger partial charge < -0.3 is 14.8 Å². The van der Waals surface area contributed by atoms with E-state index in [1.165, 1.54) is 5.69 Å². The number of aromatic amines is 1. The van der Waals surface area contributed by atoms with E-state index >= 15 is 0 Å². The van der Waals surface area contributed by atoms with Crippen LogP contribution in [0.2, 0.25) is 5.02 Å². The molecular weight excluding hydrogens is 322 g/mol. The van der Waals surface area contributed by atoms with Crippen molar-refractivity contribution in [2.24, 2.45) is 0 Å². The average molecular weight is 340 g/mol. The molecule has 1 aromatic heterocycles. The third kappa shape index (κ3) is 2.85. The van der Waals surface area contributed by atoms with Gasteiger partial charge in [0.1, 0.15) is 5.69 Å². The Labute approximate surface area is 145 Å². The topological polar surface area (TPSA) is 39.3 Å². The summed E-state index contributed by atoms with van der Waals surface area (Å²) in [5.41, 5.74) is 2.74. The molecule has 24 heavy (non-hydrogen) atoms. The molecule has 0 aliphatic carbocycles. The predicted molar refractivity (Wildman–Crippen MR) is 97.9 cm³/mol. The smallest absolute Gasteiger partial charge is 0.270 e. The second-order valence-electron chi connectivity index (χ2n) is 6.03. The lowest BCUT2D eigenvalue weighted by Gasteiger charge is -2.36. The lowest BCUT2D eigenvalue weighted by Crippen LogP contribution is -2.48. The molecule has 1 fully saturated rings. The summed E-state index contributed by atoms with van der Waals surface area (Å²) < 4.78 is 0. The molecule has 0 spiro atoms. The minimum Gasteiger partial charge on any atom is -0.368 e. The van der Waals surface area contributed by atoms with Crippen LogP contribution in [0, 0.1) is 0 Å². The summed E-state index contributed by atoms with van der Waals surface area (Å²) in [6.45, 7) is 3.15. The van der Waals surface area contributed by atoms with Crippen molar-refractivity contribution >= 4 is 34.1 Å². The minimum absolute atomic E-state index is 0.0510. The highest BCUT2D eigenvalue weighted by Gasteiger charge is 2.23. The van der Waals surface area contributed by atoms with Gasteiger partial charge in [0.05, 0.1) is 0 Å². The molecule has 122 valence electrons. The Bertz CT molecular complexity index is 867. The molecule has 4 nitrogen and oxygen atoms in total. The molecule has 5 heteroatoms. The molecule has 0 unspecified atom stereocenters. The highest BCUT2D eigenvalue weighted by atomic mass is 35.5. The number of piperazine rings is 1. The third-order valence-electron chi connectivity index (χ3n) is 4.50. The summed E-state index contributed by atoms with van der Waals surface area (Å²) >= 11 is 6.01. The molecule has 2 heterocycles. The number of carbonyl (C=O) groups is 1. The number of hydrogen-bond donors (Lipinski definition) is 1. The number of nitrogens with one attached hydrogen (secondary N) is 1. The number of para-hydroxylation sites is 1. The number of hydrogen-bond acceptors (Lipinski definition) is 2. The summed E-state index contributed by atoms with van der Waals surface area (Å²) in [5, 5.41) is 1.67. The molecule has 0 atom stereocenters. The minimum atomic E-state index is 0.0510. The largest absolute Gasteiger partial charge is 0.368 e. The van der Waals surface area contributed by atoms with Crippen molar-refractivity contribution in [1.29, 1.82) is 0 Å². The summed E-state index contributed by atoms with van der Waals surface area (Å²) in [6, 6.07) is 17.8. The number of rotatable bonds is 2. The van der Waals surface area contributed by atoms with Gasteiger partial charge in [-0.25, -0.2) is 0 Å². The standard InChI is InChI=1S/C19H18ClN3O/c20-15-7-6-14-12-18(21-17(14)13-15)19(24)23-10-8-22(9-11-23)16-4-2-1-3-5-16/h1-7,12-13,21H,8-11H2. The highest BCUT2D eigenvalue weighted by Crippen LogP contribution is 2.22. The van der Waals surface area contributed by atoms with Gasteiger partial charge in [-0.05, 0) is 30.3 Å². The van der Waals surface area contributed by atoms with Crippen molar-refractivity contribution in [1.82, 2.24) is 9.88 Å². The van der Waals surface area contributed by atoms with Crippen LogP contribution in [0.3, 0.4) is 0 Å². The lowest BCUT2D eigenvalue weighted by molar-refractivity contribution is 0.0742. The van der Waals surface area contributed by atoms with Crippen molar-refractivity contribution in [2.45, 2.75) is 0 Å². The van der Waals surface area contributed by atoms with Gasteiger partial charge in [0.2, 0.25) is 0 Å². The van der Waals surface area contributed by atoms with Crippen LogP contribution in [0.15, 0.2) is 54.6 Å². The Morgan fingerprint density at radius 3 is 2.46 bits per heavy atom. The van der Waals surface area contributed by atoms with Crippen LogP contribution in [0.4, 0.5) is 5.69 Å². The SMILES string of the molecule is O=C(c1cc2ccc(Cl)cc2[nH]1)N1CCN(c2ccccc2)CC1. The Balaban J connectivity index is 1.47. The number of nitrogens with zero attached hydrogens (tertiary/aromatic N) is 2. The van der Waals surface area contributed by atoms with Crippen LogP contribution in [0.1, 0.15) is 10.5 Å². The van der Waals surface area contributed by atoms with Crippen molar-refractivity contribution in [3.63, 3.8) is 0 Å². The first kappa shape index (κ1) is 15.1. The van der Waals surface area contributed by atoms with Gasteiger partial charge in [-0.3, -0.25) is 4.79 Å². The van der Waals surface area contributed by atoms with Crippen molar-refractivity contribution in [3.05, 3.63) is 65.3 Å². The zero-order chi connectivity index (χ0) is 16.5. The van der Waals surface area contributed by atoms with E-state index in [0.29, 0.717) is 10.7 Å². The summed E-state index contributed by atoms with van der Waals surface area (Å²) in [6.07, 6.45) is 0. The Hall–Kier alpha value is -2.46. The van der Waals surface area contributed by atoms with Crippen LogP contribution in [0.5, 0.6) is 0 Å². The van der Waals surface area contributed by atoms with Crippen LogP contribution in [-0.2, 0) is 0 Å². The Morgan fingerprint density at radius 1 is 0.958 bits per heavy atom. The van der Waals surface area contributed by atoms with E-state index in [0.717, 1.165) is 37.1 Å². The number of H-pyrrole nitrogens is 1. The van der Waals surface area contributed by atoms with Crippen molar-refractivity contribution < 1.29 is 4.79 Å². The van der Waals surface area contributed by atoms with Crippen LogP contribution in [-0.4, -0.2) is 42.0 Å². The fourth-order valence-electron chi connectivity index (χ4n) is 3.19. The summed E-state index contributed by atoms with van der Waals surface area (Å²) in [5.74, 6) is 0.0510. The monoisotopic (exact) mass is 339 g/mol. The summed E-state index contributed by atoms with van der Waals surface area (Å²) in [7, 11) is 0. The quantitative estimate of drug-likeness (QED) is 0.771. The zero-order valence-corrected chi connectivity index (χ0v) is 14.0. The van der Waals surface area contributed by atoms with Gasteiger partial charge in [-0.15, -0.1) is 0 Å². The molecule has 0 saturated carbocycles. The van der Waals surface area contributed by atoms with Crippen LogP contribution >= 0.6 is 11.6 Å². The van der Waals surface area contributed by atoms with Gasteiger partial charge in [0, 0.05) is 47.8 Å². The van der Waals surface area contributed by atoms with E-state index < -0.39 is 0 Å². The normalized spacial score (nSPS) is 15.0. The highest BCUT2D eigenvalue weighted by molar-refractivity contribution is 6.31. The number of halogens is 1. The maximum Gasteiger partial charge on any atom is 0.270 e. The second-order valence-corrected chi connectivity index (χ2v) is 6.47. The number of amides is 1. The van der Waals surface area contributed by atoms with Crippen molar-refractivity contribution in [2.75, 3.05) is 31.1 Å². The number of aromatic nitrogens is 1. The van der Waals surface area contributed by atoms with Gasteiger partial charge >= 0.3 is 0 Å². The van der Waals surface area contributed by atoms with Crippen LogP contribution < -0.4 is 4.90 Å². The van der Waals surface area contributed by atoms with E-state index in [-0.39, 0.29) is 5.91 Å². The molecule has 3 aromatic rings. The first-order valence-electron chi connectivity index (χ1n) is 8.08. The molecule has 1 amide bonds. The number of carbonyl (C=O) groups excluding carboxylic acids is 1. The molecular formula is C19H18ClN3O. The van der Waals surface area contributed by atoms with Gasteiger partial charge in [-0.2, -0.15) is 0 Å². The third-order valence-corrected chi connectivity index (χ3v) is 4.74. The van der Waals surface area contributed by atoms with Crippen molar-refractivity contribution in [3.8, 4) is 0 Å². The fourth-order valence-corrected chi connectivity index (χ4v) is 3.36. The van der Waals surface area contributed by atoms with Gasteiger partial charge in [0.25, 0.3) is 5.91 Å².